The van der Waals surface area contributed by atoms with Crippen molar-refractivity contribution in [1.29, 1.82) is 0 Å². The summed E-state index contributed by atoms with van der Waals surface area (Å²) in [6.45, 7) is 0.461. The fourth-order valence-electron chi connectivity index (χ4n) is 3.18. The fraction of sp³-hybridized carbons (Fsp3) is 0.529. The molecule has 1 aliphatic carbocycles. The molecule has 0 unspecified atom stereocenters. The van der Waals surface area contributed by atoms with Gasteiger partial charge >= 0.3 is 5.97 Å². The Kier molecular flexibility index (Phi) is 5.52. The molecule has 4 nitrogen and oxygen atoms in total. The number of carboxylic acid groups (broad SMARTS) is 1. The molecule has 0 spiro atoms. The molecule has 0 aliphatic heterocycles. The van der Waals surface area contributed by atoms with Crippen LogP contribution in [-0.2, 0) is 15.0 Å². The Morgan fingerprint density at radius 1 is 1.23 bits per heavy atom. The van der Waals surface area contributed by atoms with Gasteiger partial charge < -0.3 is 10.4 Å². The highest BCUT2D eigenvalue weighted by Gasteiger charge is 2.42. The molecule has 0 saturated heterocycles. The number of rotatable bonds is 7. The van der Waals surface area contributed by atoms with Crippen molar-refractivity contribution in [3.63, 3.8) is 0 Å². The Hall–Kier alpha value is -1.91. The van der Waals surface area contributed by atoms with E-state index in [-0.39, 0.29) is 18.1 Å². The van der Waals surface area contributed by atoms with Crippen molar-refractivity contribution in [2.24, 2.45) is 0 Å². The lowest BCUT2D eigenvalue weighted by molar-refractivity contribution is -0.137. The number of hydrogen-bond acceptors (Lipinski definition) is 2. The number of hydrogen-bond donors (Lipinski definition) is 2. The Morgan fingerprint density at radius 3 is 2.59 bits per heavy atom. The van der Waals surface area contributed by atoms with Crippen LogP contribution in [-0.4, -0.2) is 23.5 Å². The van der Waals surface area contributed by atoms with Gasteiger partial charge in [-0.05, 0) is 43.4 Å². The van der Waals surface area contributed by atoms with Crippen LogP contribution in [0, 0.1) is 5.82 Å². The summed E-state index contributed by atoms with van der Waals surface area (Å²) < 4.78 is 13.5. The molecule has 0 radical (unpaired) electrons. The highest BCUT2D eigenvalue weighted by Crippen LogP contribution is 2.41. The second kappa shape index (κ2) is 7.38. The van der Waals surface area contributed by atoms with E-state index in [0.717, 1.165) is 31.2 Å². The van der Waals surface area contributed by atoms with Gasteiger partial charge in [0.2, 0.25) is 5.91 Å². The summed E-state index contributed by atoms with van der Waals surface area (Å²) in [4.78, 5) is 23.1. The van der Waals surface area contributed by atoms with E-state index in [0.29, 0.717) is 19.4 Å². The van der Waals surface area contributed by atoms with Crippen LogP contribution < -0.4 is 5.32 Å². The second-order valence-corrected chi connectivity index (χ2v) is 5.91. The zero-order chi connectivity index (χ0) is 16.0. The number of halogens is 1. The molecule has 0 atom stereocenters. The summed E-state index contributed by atoms with van der Waals surface area (Å²) >= 11 is 0. The van der Waals surface area contributed by atoms with E-state index in [1.165, 1.54) is 12.1 Å². The Morgan fingerprint density at radius 2 is 1.95 bits per heavy atom. The van der Waals surface area contributed by atoms with Crippen LogP contribution >= 0.6 is 0 Å². The molecule has 0 heterocycles. The molecule has 1 amide bonds. The molecule has 5 heteroatoms. The summed E-state index contributed by atoms with van der Waals surface area (Å²) in [5, 5.41) is 11.5. The van der Waals surface area contributed by atoms with E-state index in [2.05, 4.69) is 5.32 Å². The molecule has 1 aliphatic rings. The van der Waals surface area contributed by atoms with Crippen LogP contribution in [0.4, 0.5) is 4.39 Å². The van der Waals surface area contributed by atoms with Crippen LogP contribution in [0.1, 0.15) is 50.5 Å². The lowest BCUT2D eigenvalue weighted by Crippen LogP contribution is -2.43. The Labute approximate surface area is 129 Å². The summed E-state index contributed by atoms with van der Waals surface area (Å²) in [7, 11) is 0. The molecule has 1 fully saturated rings. The highest BCUT2D eigenvalue weighted by molar-refractivity contribution is 5.88. The first-order chi connectivity index (χ1) is 10.5. The van der Waals surface area contributed by atoms with Gasteiger partial charge in [0.05, 0.1) is 5.41 Å². The van der Waals surface area contributed by atoms with Gasteiger partial charge in [0.25, 0.3) is 0 Å². The van der Waals surface area contributed by atoms with Gasteiger partial charge in [-0.15, -0.1) is 0 Å². The van der Waals surface area contributed by atoms with Crippen LogP contribution in [0.5, 0.6) is 0 Å². The predicted octanol–water partition coefficient (Wildman–Crippen LogP) is 3.01. The van der Waals surface area contributed by atoms with E-state index < -0.39 is 11.4 Å². The smallest absolute Gasteiger partial charge is 0.303 e. The number of carbonyl (C=O) groups is 2. The Balaban J connectivity index is 1.98. The molecule has 0 bridgehead atoms. The first-order valence-electron chi connectivity index (χ1n) is 7.81. The number of amides is 1. The quantitative estimate of drug-likeness (QED) is 0.761. The number of nitrogens with one attached hydrogen (secondary N) is 1. The maximum absolute atomic E-state index is 13.5. The maximum atomic E-state index is 13.5. The molecule has 0 aromatic heterocycles. The molecule has 120 valence electrons. The van der Waals surface area contributed by atoms with Crippen LogP contribution in [0.2, 0.25) is 0 Å². The standard InChI is InChI=1S/C17H22FNO3/c18-14-7-5-6-13(12-14)17(9-2-3-10-17)16(22)19-11-4-1-8-15(20)21/h5-7,12H,1-4,8-11H2,(H,19,22)(H,20,21). The van der Waals surface area contributed by atoms with E-state index in [9.17, 15) is 14.0 Å². The highest BCUT2D eigenvalue weighted by atomic mass is 19.1. The van der Waals surface area contributed by atoms with Gasteiger partial charge in [0, 0.05) is 13.0 Å². The first-order valence-corrected chi connectivity index (χ1v) is 7.81. The van der Waals surface area contributed by atoms with Crippen molar-refractivity contribution in [3.05, 3.63) is 35.6 Å². The van der Waals surface area contributed by atoms with Gasteiger partial charge in [-0.2, -0.15) is 0 Å². The number of benzene rings is 1. The average Bonchev–Trinajstić information content (AvgIpc) is 2.97. The van der Waals surface area contributed by atoms with Crippen molar-refractivity contribution in [1.82, 2.24) is 5.32 Å². The predicted molar refractivity (Wildman–Crippen MR) is 81.0 cm³/mol. The summed E-state index contributed by atoms with van der Waals surface area (Å²) in [6, 6.07) is 6.30. The minimum Gasteiger partial charge on any atom is -0.481 e. The van der Waals surface area contributed by atoms with E-state index >= 15 is 0 Å². The molecule has 1 aromatic carbocycles. The minimum atomic E-state index is -0.821. The van der Waals surface area contributed by atoms with E-state index in [1.54, 1.807) is 6.07 Å². The monoisotopic (exact) mass is 307 g/mol. The van der Waals surface area contributed by atoms with Crippen molar-refractivity contribution in [3.8, 4) is 0 Å². The van der Waals surface area contributed by atoms with Crippen LogP contribution in [0.3, 0.4) is 0 Å². The Bertz CT molecular complexity index is 538. The van der Waals surface area contributed by atoms with Crippen molar-refractivity contribution < 1.29 is 19.1 Å². The third-order valence-corrected chi connectivity index (χ3v) is 4.37. The fourth-order valence-corrected chi connectivity index (χ4v) is 3.18. The SMILES string of the molecule is O=C(O)CCCCNC(=O)C1(c2cccc(F)c2)CCCC1. The van der Waals surface area contributed by atoms with Gasteiger partial charge in [-0.3, -0.25) is 9.59 Å². The van der Waals surface area contributed by atoms with Gasteiger partial charge in [0.1, 0.15) is 5.82 Å². The van der Waals surface area contributed by atoms with Gasteiger partial charge in [-0.25, -0.2) is 4.39 Å². The van der Waals surface area contributed by atoms with Crippen LogP contribution in [0.25, 0.3) is 0 Å². The zero-order valence-electron chi connectivity index (χ0n) is 12.6. The van der Waals surface area contributed by atoms with Crippen LogP contribution in [0.15, 0.2) is 24.3 Å². The van der Waals surface area contributed by atoms with E-state index in [1.807, 2.05) is 6.07 Å². The third kappa shape index (κ3) is 3.84. The first kappa shape index (κ1) is 16.5. The second-order valence-electron chi connectivity index (χ2n) is 5.91. The van der Waals surface area contributed by atoms with Gasteiger partial charge in [0.15, 0.2) is 0 Å². The molecule has 22 heavy (non-hydrogen) atoms. The van der Waals surface area contributed by atoms with E-state index in [4.69, 9.17) is 5.11 Å². The molecule has 2 N–H and O–H groups in total. The number of unbranched alkanes of at least 4 members (excludes halogenated alkanes) is 1. The third-order valence-electron chi connectivity index (χ3n) is 4.37. The normalized spacial score (nSPS) is 16.4. The largest absolute Gasteiger partial charge is 0.481 e. The van der Waals surface area contributed by atoms with Crippen molar-refractivity contribution in [2.45, 2.75) is 50.4 Å². The van der Waals surface area contributed by atoms with Crippen molar-refractivity contribution >= 4 is 11.9 Å². The summed E-state index contributed by atoms with van der Waals surface area (Å²) in [5.74, 6) is -1.21. The lowest BCUT2D eigenvalue weighted by atomic mass is 9.78. The van der Waals surface area contributed by atoms with Crippen molar-refractivity contribution in [2.75, 3.05) is 6.54 Å². The molecular weight excluding hydrogens is 285 g/mol. The number of carboxylic acids is 1. The average molecular weight is 307 g/mol. The number of aliphatic carboxylic acids is 1. The topological polar surface area (TPSA) is 66.4 Å². The lowest BCUT2D eigenvalue weighted by Gasteiger charge is -2.28. The molecular formula is C17H22FNO3. The number of carbonyl (C=O) groups excluding carboxylic acids is 1. The molecule has 1 aromatic rings. The zero-order valence-corrected chi connectivity index (χ0v) is 12.6. The minimum absolute atomic E-state index is 0.0640. The van der Waals surface area contributed by atoms with Gasteiger partial charge in [-0.1, -0.05) is 25.0 Å². The molecule has 1 saturated carbocycles. The summed E-state index contributed by atoms with van der Waals surface area (Å²) in [5.41, 5.74) is 0.113. The maximum Gasteiger partial charge on any atom is 0.303 e. The summed E-state index contributed by atoms with van der Waals surface area (Å²) in [6.07, 6.45) is 4.69. The molecule has 2 rings (SSSR count).